The Morgan fingerprint density at radius 1 is 1.23 bits per heavy atom. The van der Waals surface area contributed by atoms with E-state index < -0.39 is 0 Å². The van der Waals surface area contributed by atoms with Gasteiger partial charge in [-0.25, -0.2) is 0 Å². The van der Waals surface area contributed by atoms with Gasteiger partial charge in [-0.05, 0) is 23.8 Å². The van der Waals surface area contributed by atoms with Crippen LogP contribution in [0.3, 0.4) is 0 Å². The number of nitrogens with zero attached hydrogens (tertiary/aromatic N) is 2. The maximum atomic E-state index is 12.9. The van der Waals surface area contributed by atoms with Gasteiger partial charge >= 0.3 is 0 Å². The number of amides is 1. The minimum atomic E-state index is -0.211. The van der Waals surface area contributed by atoms with E-state index >= 15 is 0 Å². The zero-order valence-corrected chi connectivity index (χ0v) is 17.2. The van der Waals surface area contributed by atoms with Gasteiger partial charge in [0.25, 0.3) is 0 Å². The van der Waals surface area contributed by atoms with Crippen LogP contribution in [0.1, 0.15) is 16.8 Å². The van der Waals surface area contributed by atoms with Crippen molar-refractivity contribution in [3.05, 3.63) is 74.8 Å². The van der Waals surface area contributed by atoms with Crippen molar-refractivity contribution in [3.63, 3.8) is 0 Å². The summed E-state index contributed by atoms with van der Waals surface area (Å²) in [5.41, 5.74) is 2.73. The highest BCUT2D eigenvalue weighted by atomic mass is 35.5. The van der Waals surface area contributed by atoms with Crippen molar-refractivity contribution in [3.8, 4) is 0 Å². The molecular weight excluding hydrogens is 404 g/mol. The molecule has 3 heterocycles. The highest BCUT2D eigenvalue weighted by Crippen LogP contribution is 2.12. The summed E-state index contributed by atoms with van der Waals surface area (Å²) >= 11 is 5.87. The first kappa shape index (κ1) is 20.5. The minimum absolute atomic E-state index is 0.0139. The quantitative estimate of drug-likeness (QED) is 0.631. The summed E-state index contributed by atoms with van der Waals surface area (Å²) in [5, 5.41) is 4.04. The third kappa shape index (κ3) is 5.05. The monoisotopic (exact) mass is 426 g/mol. The molecule has 0 radical (unpaired) electrons. The van der Waals surface area contributed by atoms with Gasteiger partial charge in [0, 0.05) is 48.3 Å². The molecule has 0 aliphatic carbocycles. The zero-order chi connectivity index (χ0) is 20.9. The third-order valence-electron chi connectivity index (χ3n) is 5.14. The smallest absolute Gasteiger partial charge is 0.224 e. The van der Waals surface area contributed by atoms with Gasteiger partial charge < -0.3 is 15.0 Å². The molecule has 0 spiro atoms. The molecule has 0 atom stereocenters. The van der Waals surface area contributed by atoms with E-state index in [1.54, 1.807) is 24.5 Å². The predicted octanol–water partition coefficient (Wildman–Crippen LogP) is 2.27. The summed E-state index contributed by atoms with van der Waals surface area (Å²) in [5.74, 6) is -0.211. The predicted molar refractivity (Wildman–Crippen MR) is 115 cm³/mol. The number of hydrogen-bond acceptors (Lipinski definition) is 5. The van der Waals surface area contributed by atoms with E-state index in [1.165, 1.54) is 0 Å². The van der Waals surface area contributed by atoms with Gasteiger partial charge in [-0.1, -0.05) is 23.7 Å². The van der Waals surface area contributed by atoms with Gasteiger partial charge in [0.1, 0.15) is 0 Å². The molecule has 156 valence electrons. The number of hydrogen-bond donors (Lipinski definition) is 2. The van der Waals surface area contributed by atoms with Crippen molar-refractivity contribution in [1.29, 1.82) is 0 Å². The number of nitrogens with one attached hydrogen (secondary N) is 2. The van der Waals surface area contributed by atoms with Crippen LogP contribution in [0.5, 0.6) is 0 Å². The lowest BCUT2D eigenvalue weighted by molar-refractivity contribution is -0.120. The Morgan fingerprint density at radius 2 is 2.00 bits per heavy atom. The van der Waals surface area contributed by atoms with Gasteiger partial charge in [-0.2, -0.15) is 0 Å². The molecule has 1 fully saturated rings. The lowest BCUT2D eigenvalue weighted by atomic mass is 10.1. The van der Waals surface area contributed by atoms with Crippen molar-refractivity contribution in [2.75, 3.05) is 26.3 Å². The molecule has 0 unspecified atom stereocenters. The Hall–Kier alpha value is -2.74. The van der Waals surface area contributed by atoms with Crippen LogP contribution < -0.4 is 10.7 Å². The number of rotatable bonds is 6. The number of aromatic nitrogens is 2. The van der Waals surface area contributed by atoms with Crippen molar-refractivity contribution in [2.45, 2.75) is 19.5 Å². The maximum Gasteiger partial charge on any atom is 0.224 e. The van der Waals surface area contributed by atoms with E-state index in [2.05, 4.69) is 20.2 Å². The standard InChI is InChI=1S/C22H23ClN4O3/c23-17-3-1-15(2-4-17)11-26-21(28)9-16-12-25-20-13-24-18(10-19(20)22(16)29)14-27-5-7-30-8-6-27/h1-4,10,12-13H,5-9,11,14H2,(H,25,29)(H,26,28). The highest BCUT2D eigenvalue weighted by molar-refractivity contribution is 6.30. The Labute approximate surface area is 179 Å². The normalized spacial score (nSPS) is 14.7. The van der Waals surface area contributed by atoms with E-state index in [0.29, 0.717) is 47.8 Å². The van der Waals surface area contributed by atoms with Crippen molar-refractivity contribution < 1.29 is 9.53 Å². The summed E-state index contributed by atoms with van der Waals surface area (Å²) in [4.78, 5) is 35.1. The van der Waals surface area contributed by atoms with E-state index in [9.17, 15) is 9.59 Å². The number of halogens is 1. The average molecular weight is 427 g/mol. The van der Waals surface area contributed by atoms with Crippen LogP contribution in [-0.4, -0.2) is 47.1 Å². The fourth-order valence-electron chi connectivity index (χ4n) is 3.45. The number of carbonyl (C=O) groups is 1. The second-order valence-corrected chi connectivity index (χ2v) is 7.77. The topological polar surface area (TPSA) is 87.3 Å². The van der Waals surface area contributed by atoms with Gasteiger partial charge in [-0.3, -0.25) is 19.5 Å². The molecule has 8 heteroatoms. The molecule has 1 saturated heterocycles. The van der Waals surface area contributed by atoms with Crippen LogP contribution in [0, 0.1) is 0 Å². The molecule has 0 saturated carbocycles. The number of carbonyl (C=O) groups excluding carboxylic acids is 1. The highest BCUT2D eigenvalue weighted by Gasteiger charge is 2.14. The summed E-state index contributed by atoms with van der Waals surface area (Å²) in [6, 6.07) is 9.08. The molecular formula is C22H23ClN4O3. The second kappa shape index (κ2) is 9.38. The number of H-pyrrole nitrogens is 1. The molecule has 4 rings (SSSR count). The second-order valence-electron chi connectivity index (χ2n) is 7.33. The molecule has 1 amide bonds. The molecule has 3 aromatic rings. The molecule has 1 aromatic carbocycles. The Balaban J connectivity index is 1.45. The molecule has 2 N–H and O–H groups in total. The maximum absolute atomic E-state index is 12.9. The van der Waals surface area contributed by atoms with Crippen LogP contribution in [-0.2, 0) is 29.0 Å². The fourth-order valence-corrected chi connectivity index (χ4v) is 3.58. The summed E-state index contributed by atoms with van der Waals surface area (Å²) in [6.45, 7) is 4.18. The van der Waals surface area contributed by atoms with Crippen LogP contribution in [0.2, 0.25) is 5.02 Å². The molecule has 30 heavy (non-hydrogen) atoms. The fraction of sp³-hybridized carbons (Fsp3) is 0.318. The number of morpholine rings is 1. The number of pyridine rings is 2. The molecule has 0 bridgehead atoms. The summed E-state index contributed by atoms with van der Waals surface area (Å²) < 4.78 is 5.37. The Bertz CT molecular complexity index is 1090. The molecule has 7 nitrogen and oxygen atoms in total. The third-order valence-corrected chi connectivity index (χ3v) is 5.39. The minimum Gasteiger partial charge on any atom is -0.379 e. The lowest BCUT2D eigenvalue weighted by Gasteiger charge is -2.26. The van der Waals surface area contributed by atoms with E-state index in [4.69, 9.17) is 16.3 Å². The van der Waals surface area contributed by atoms with Gasteiger partial charge in [0.15, 0.2) is 5.43 Å². The molecule has 2 aromatic heterocycles. The molecule has 1 aliphatic rings. The number of aromatic amines is 1. The van der Waals surface area contributed by atoms with Crippen LogP contribution in [0.25, 0.3) is 10.9 Å². The van der Waals surface area contributed by atoms with Crippen LogP contribution >= 0.6 is 11.6 Å². The number of fused-ring (bicyclic) bond motifs is 1. The first-order valence-electron chi connectivity index (χ1n) is 9.89. The number of benzene rings is 1. The summed E-state index contributed by atoms with van der Waals surface area (Å²) in [7, 11) is 0. The summed E-state index contributed by atoms with van der Waals surface area (Å²) in [6.07, 6.45) is 3.28. The van der Waals surface area contributed by atoms with Crippen molar-refractivity contribution in [2.24, 2.45) is 0 Å². The number of ether oxygens (including phenoxy) is 1. The van der Waals surface area contributed by atoms with E-state index in [0.717, 1.165) is 24.3 Å². The Kier molecular flexibility index (Phi) is 6.42. The largest absolute Gasteiger partial charge is 0.379 e. The molecule has 1 aliphatic heterocycles. The first-order valence-corrected chi connectivity index (χ1v) is 10.3. The average Bonchev–Trinajstić information content (AvgIpc) is 2.76. The van der Waals surface area contributed by atoms with Crippen LogP contribution in [0.15, 0.2) is 47.5 Å². The van der Waals surface area contributed by atoms with Crippen molar-refractivity contribution >= 4 is 28.4 Å². The lowest BCUT2D eigenvalue weighted by Crippen LogP contribution is -2.35. The van der Waals surface area contributed by atoms with Gasteiger partial charge in [0.2, 0.25) is 5.91 Å². The Morgan fingerprint density at radius 3 is 2.77 bits per heavy atom. The first-order chi connectivity index (χ1) is 14.6. The van der Waals surface area contributed by atoms with Crippen LogP contribution in [0.4, 0.5) is 0 Å². The van der Waals surface area contributed by atoms with Crippen molar-refractivity contribution in [1.82, 2.24) is 20.2 Å². The van der Waals surface area contributed by atoms with Gasteiger partial charge in [0.05, 0.1) is 37.0 Å². The zero-order valence-electron chi connectivity index (χ0n) is 16.5. The SMILES string of the molecule is O=C(Cc1c[nH]c2cnc(CN3CCOCC3)cc2c1=O)NCc1ccc(Cl)cc1. The van der Waals surface area contributed by atoms with Gasteiger partial charge in [-0.15, -0.1) is 0 Å². The van der Waals surface area contributed by atoms with E-state index in [1.807, 2.05) is 18.2 Å². The van der Waals surface area contributed by atoms with E-state index in [-0.39, 0.29) is 17.8 Å².